The highest BCUT2D eigenvalue weighted by molar-refractivity contribution is 6.68. The number of rotatable bonds is 2. The molecule has 0 saturated heterocycles. The second kappa shape index (κ2) is 4.93. The Hall–Kier alpha value is -1.01. The van der Waals surface area contributed by atoms with E-state index >= 15 is 0 Å². The van der Waals surface area contributed by atoms with Crippen LogP contribution in [-0.4, -0.2) is 14.8 Å². The molecule has 0 spiro atoms. The van der Waals surface area contributed by atoms with Crippen molar-refractivity contribution >= 4 is 46.2 Å². The molecule has 0 fully saturated rings. The van der Waals surface area contributed by atoms with Crippen LogP contribution >= 0.6 is 34.8 Å². The van der Waals surface area contributed by atoms with E-state index in [1.807, 2.05) is 0 Å². The summed E-state index contributed by atoms with van der Waals surface area (Å²) in [6.45, 7) is 0. The van der Waals surface area contributed by atoms with E-state index in [1.54, 1.807) is 18.2 Å². The number of nitrogens with one attached hydrogen (secondary N) is 2. The van der Waals surface area contributed by atoms with Gasteiger partial charge in [0.15, 0.2) is 0 Å². The molecule has 0 bridgehead atoms. The highest BCUT2D eigenvalue weighted by atomic mass is 35.6. The lowest BCUT2D eigenvalue weighted by Crippen LogP contribution is -2.40. The van der Waals surface area contributed by atoms with Crippen molar-refractivity contribution in [3.8, 4) is 0 Å². The Morgan fingerprint density at radius 1 is 1.22 bits per heavy atom. The van der Waals surface area contributed by atoms with E-state index in [0.29, 0.717) is 5.70 Å². The van der Waals surface area contributed by atoms with Crippen molar-refractivity contribution in [2.24, 2.45) is 0 Å². The Labute approximate surface area is 118 Å². The summed E-state index contributed by atoms with van der Waals surface area (Å²) in [5.74, 6) is 0. The molecule has 1 unspecified atom stereocenters. The van der Waals surface area contributed by atoms with E-state index in [4.69, 9.17) is 34.8 Å². The number of non-ortho nitro benzene ring substituents is 1. The van der Waals surface area contributed by atoms with Gasteiger partial charge in [-0.1, -0.05) is 34.8 Å². The quantitative estimate of drug-likeness (QED) is 0.501. The molecule has 1 aromatic carbocycles. The molecule has 0 amide bonds. The average Bonchev–Trinajstić information content (AvgIpc) is 2.78. The predicted octanol–water partition coefficient (Wildman–Crippen LogP) is 2.78. The fraction of sp³-hybridized carbons (Fsp3) is 0.200. The summed E-state index contributed by atoms with van der Waals surface area (Å²) in [7, 11) is 0. The van der Waals surface area contributed by atoms with Gasteiger partial charge in [-0.15, -0.1) is 0 Å². The highest BCUT2D eigenvalue weighted by Crippen LogP contribution is 2.34. The normalized spacial score (nSPS) is 19.3. The highest BCUT2D eigenvalue weighted by Gasteiger charge is 2.34. The van der Waals surface area contributed by atoms with Gasteiger partial charge < -0.3 is 5.43 Å². The summed E-state index contributed by atoms with van der Waals surface area (Å²) in [4.78, 5) is 10.1. The van der Waals surface area contributed by atoms with Crippen molar-refractivity contribution in [3.63, 3.8) is 0 Å². The summed E-state index contributed by atoms with van der Waals surface area (Å²) in [5.41, 5.74) is 7.18. The number of halogens is 3. The van der Waals surface area contributed by atoms with Gasteiger partial charge in [-0.2, -0.15) is 0 Å². The summed E-state index contributed by atoms with van der Waals surface area (Å²) >= 11 is 17.3. The van der Waals surface area contributed by atoms with Gasteiger partial charge in [-0.3, -0.25) is 10.1 Å². The maximum atomic E-state index is 10.5. The summed E-state index contributed by atoms with van der Waals surface area (Å²) < 4.78 is -1.46. The lowest BCUT2D eigenvalue weighted by atomic mass is 10.1. The van der Waals surface area contributed by atoms with Crippen molar-refractivity contribution in [2.75, 3.05) is 0 Å². The van der Waals surface area contributed by atoms with Crippen molar-refractivity contribution in [1.29, 1.82) is 0 Å². The molecular weight excluding hydrogens is 300 g/mol. The van der Waals surface area contributed by atoms with E-state index in [9.17, 15) is 10.1 Å². The molecule has 1 heterocycles. The largest absolute Gasteiger partial charge is 0.320 e. The average molecular weight is 309 g/mol. The minimum Gasteiger partial charge on any atom is -0.320 e. The number of nitro benzene ring substituents is 1. The Kier molecular flexibility index (Phi) is 3.68. The molecule has 1 aromatic rings. The van der Waals surface area contributed by atoms with Gasteiger partial charge >= 0.3 is 0 Å². The van der Waals surface area contributed by atoms with Crippen molar-refractivity contribution in [3.05, 3.63) is 46.0 Å². The fourth-order valence-electron chi connectivity index (χ4n) is 1.51. The first-order valence-corrected chi connectivity index (χ1v) is 6.06. The van der Waals surface area contributed by atoms with Crippen LogP contribution in [-0.2, 0) is 0 Å². The van der Waals surface area contributed by atoms with E-state index in [2.05, 4.69) is 10.9 Å². The summed E-state index contributed by atoms with van der Waals surface area (Å²) in [6.07, 6.45) is 1.72. The lowest BCUT2D eigenvalue weighted by Gasteiger charge is -2.16. The van der Waals surface area contributed by atoms with Crippen LogP contribution in [0.5, 0.6) is 0 Å². The first-order chi connectivity index (χ1) is 8.38. The SMILES string of the molecule is O=[N+]([O-])c1ccc(C2=CC(C(Cl)(Cl)Cl)NN2)cc1. The van der Waals surface area contributed by atoms with Crippen LogP contribution in [0.25, 0.3) is 5.70 Å². The molecule has 1 atom stereocenters. The van der Waals surface area contributed by atoms with Gasteiger partial charge in [0.2, 0.25) is 3.79 Å². The third-order valence-electron chi connectivity index (χ3n) is 2.44. The van der Waals surface area contributed by atoms with Crippen LogP contribution in [0.2, 0.25) is 0 Å². The third kappa shape index (κ3) is 2.87. The molecule has 2 rings (SSSR count). The second-order valence-corrected chi connectivity index (χ2v) is 6.04. The van der Waals surface area contributed by atoms with Gasteiger partial charge in [0, 0.05) is 12.1 Å². The number of hydrogen-bond acceptors (Lipinski definition) is 4. The summed E-state index contributed by atoms with van der Waals surface area (Å²) in [6, 6.07) is 5.62. The maximum Gasteiger partial charge on any atom is 0.269 e. The number of alkyl halides is 3. The Morgan fingerprint density at radius 2 is 1.83 bits per heavy atom. The van der Waals surface area contributed by atoms with Gasteiger partial charge in [0.25, 0.3) is 5.69 Å². The zero-order valence-electron chi connectivity index (χ0n) is 8.86. The van der Waals surface area contributed by atoms with Crippen LogP contribution < -0.4 is 10.9 Å². The van der Waals surface area contributed by atoms with Crippen LogP contribution in [0.3, 0.4) is 0 Å². The molecule has 0 saturated carbocycles. The van der Waals surface area contributed by atoms with E-state index in [-0.39, 0.29) is 5.69 Å². The molecule has 1 aliphatic heterocycles. The lowest BCUT2D eigenvalue weighted by molar-refractivity contribution is -0.384. The molecule has 96 valence electrons. The standard InChI is InChI=1S/C10H8Cl3N3O2/c11-10(12,13)9-5-8(14-15-9)6-1-3-7(4-2-6)16(17)18/h1-5,9,14-15H. The first kappa shape index (κ1) is 13.4. The number of hydrogen-bond donors (Lipinski definition) is 2. The van der Waals surface area contributed by atoms with Gasteiger partial charge in [-0.05, 0) is 23.8 Å². The second-order valence-electron chi connectivity index (χ2n) is 3.67. The maximum absolute atomic E-state index is 10.5. The van der Waals surface area contributed by atoms with Crippen molar-refractivity contribution in [1.82, 2.24) is 10.9 Å². The van der Waals surface area contributed by atoms with Gasteiger partial charge in [-0.25, -0.2) is 5.43 Å². The van der Waals surface area contributed by atoms with E-state index in [0.717, 1.165) is 5.56 Å². The topological polar surface area (TPSA) is 67.2 Å². The summed E-state index contributed by atoms with van der Waals surface area (Å²) in [5, 5.41) is 10.5. The molecule has 0 aliphatic carbocycles. The van der Waals surface area contributed by atoms with Crippen LogP contribution in [0.15, 0.2) is 30.3 Å². The van der Waals surface area contributed by atoms with Crippen LogP contribution in [0.4, 0.5) is 5.69 Å². The Balaban J connectivity index is 2.21. The minimum atomic E-state index is -1.46. The first-order valence-electron chi connectivity index (χ1n) is 4.93. The predicted molar refractivity (Wildman–Crippen MR) is 71.4 cm³/mol. The number of nitrogens with zero attached hydrogens (tertiary/aromatic N) is 1. The van der Waals surface area contributed by atoms with Crippen molar-refractivity contribution < 1.29 is 4.92 Å². The van der Waals surface area contributed by atoms with Gasteiger partial charge in [0.1, 0.15) is 0 Å². The molecule has 5 nitrogen and oxygen atoms in total. The molecule has 0 radical (unpaired) electrons. The molecular formula is C10H8Cl3N3O2. The smallest absolute Gasteiger partial charge is 0.269 e. The monoisotopic (exact) mass is 307 g/mol. The van der Waals surface area contributed by atoms with Crippen LogP contribution in [0, 0.1) is 10.1 Å². The fourth-order valence-corrected chi connectivity index (χ4v) is 1.87. The number of hydrazine groups is 1. The number of benzene rings is 1. The van der Waals surface area contributed by atoms with Crippen LogP contribution in [0.1, 0.15) is 5.56 Å². The Morgan fingerprint density at radius 3 is 2.28 bits per heavy atom. The third-order valence-corrected chi connectivity index (χ3v) is 3.14. The van der Waals surface area contributed by atoms with Crippen molar-refractivity contribution in [2.45, 2.75) is 9.83 Å². The van der Waals surface area contributed by atoms with Gasteiger partial charge in [0.05, 0.1) is 16.7 Å². The zero-order chi connectivity index (χ0) is 13.3. The zero-order valence-corrected chi connectivity index (χ0v) is 11.1. The molecule has 1 aliphatic rings. The Bertz CT molecular complexity index is 496. The molecule has 8 heteroatoms. The molecule has 18 heavy (non-hydrogen) atoms. The number of nitro groups is 1. The van der Waals surface area contributed by atoms with E-state index < -0.39 is 14.8 Å². The minimum absolute atomic E-state index is 0.0308. The molecule has 0 aromatic heterocycles. The molecule has 2 N–H and O–H groups in total. The van der Waals surface area contributed by atoms with E-state index in [1.165, 1.54) is 12.1 Å².